The fourth-order valence-electron chi connectivity index (χ4n) is 2.39. The number of halogens is 1. The average molecular weight is 348 g/mol. The summed E-state index contributed by atoms with van der Waals surface area (Å²) in [6.07, 6.45) is 1.88. The van der Waals surface area contributed by atoms with Crippen LogP contribution in [0.2, 0.25) is 5.02 Å². The second kappa shape index (κ2) is 7.88. The van der Waals surface area contributed by atoms with E-state index in [1.54, 1.807) is 19.2 Å². The number of rotatable bonds is 5. The van der Waals surface area contributed by atoms with Crippen LogP contribution in [0.15, 0.2) is 41.5 Å². The van der Waals surface area contributed by atoms with Gasteiger partial charge in [0.25, 0.3) is 0 Å². The Balaban J connectivity index is 1.96. The maximum Gasteiger partial charge on any atom is 0.248 e. The van der Waals surface area contributed by atoms with Gasteiger partial charge in [0.1, 0.15) is 0 Å². The van der Waals surface area contributed by atoms with Crippen molar-refractivity contribution in [2.24, 2.45) is 17.8 Å². The third-order valence-electron chi connectivity index (χ3n) is 3.74. The Bertz CT molecular complexity index is 736. The topological polar surface area (TPSA) is 75.6 Å². The number of guanidine groups is 1. The van der Waals surface area contributed by atoms with E-state index >= 15 is 0 Å². The molecule has 0 aliphatic rings. The molecule has 1 heterocycles. The number of primary amides is 1. The molecule has 0 radical (unpaired) electrons. The Morgan fingerprint density at radius 2 is 2.04 bits per heavy atom. The molecule has 2 rings (SSSR count). The average Bonchev–Trinajstić information content (AvgIpc) is 2.85. The third kappa shape index (κ3) is 4.52. The molecule has 24 heavy (non-hydrogen) atoms. The molecule has 0 saturated carbocycles. The minimum absolute atomic E-state index is 0.425. The minimum Gasteiger partial charge on any atom is -0.366 e. The molecule has 0 aliphatic carbocycles. The van der Waals surface area contributed by atoms with E-state index in [0.29, 0.717) is 18.7 Å². The summed E-state index contributed by atoms with van der Waals surface area (Å²) >= 11 is 6.02. The molecular weight excluding hydrogens is 326 g/mol. The highest BCUT2D eigenvalue weighted by molar-refractivity contribution is 6.30. The number of nitrogens with two attached hydrogens (primary N) is 1. The monoisotopic (exact) mass is 347 g/mol. The summed E-state index contributed by atoms with van der Waals surface area (Å²) in [5.41, 5.74) is 7.88. The van der Waals surface area contributed by atoms with Gasteiger partial charge < -0.3 is 20.5 Å². The molecule has 3 N–H and O–H groups in total. The van der Waals surface area contributed by atoms with Gasteiger partial charge in [-0.15, -0.1) is 0 Å². The third-order valence-corrected chi connectivity index (χ3v) is 3.94. The van der Waals surface area contributed by atoms with Crippen LogP contribution in [-0.2, 0) is 20.1 Å². The van der Waals surface area contributed by atoms with Gasteiger partial charge in [-0.3, -0.25) is 9.79 Å². The van der Waals surface area contributed by atoms with Crippen molar-refractivity contribution < 1.29 is 4.79 Å². The molecule has 0 bridgehead atoms. The molecule has 1 aromatic heterocycles. The number of benzene rings is 1. The lowest BCUT2D eigenvalue weighted by molar-refractivity contribution is 0.100. The van der Waals surface area contributed by atoms with Gasteiger partial charge in [0.15, 0.2) is 5.96 Å². The fraction of sp³-hybridized carbons (Fsp3) is 0.294. The molecule has 7 heteroatoms. The number of hydrogen-bond acceptors (Lipinski definition) is 2. The molecule has 0 fully saturated rings. The van der Waals surface area contributed by atoms with E-state index in [0.717, 1.165) is 22.2 Å². The van der Waals surface area contributed by atoms with Gasteiger partial charge in [-0.05, 0) is 23.8 Å². The van der Waals surface area contributed by atoms with Gasteiger partial charge in [-0.2, -0.15) is 0 Å². The lowest BCUT2D eigenvalue weighted by Crippen LogP contribution is -2.38. The summed E-state index contributed by atoms with van der Waals surface area (Å²) < 4.78 is 1.99. The molecule has 0 spiro atoms. The second-order valence-electron chi connectivity index (χ2n) is 5.58. The molecule has 0 aliphatic heterocycles. The van der Waals surface area contributed by atoms with Crippen LogP contribution in [0.3, 0.4) is 0 Å². The smallest absolute Gasteiger partial charge is 0.248 e. The van der Waals surface area contributed by atoms with Gasteiger partial charge in [-0.1, -0.05) is 23.7 Å². The SMILES string of the molecule is CN=C(NCc1ccc(C(N)=O)cc1)N(C)Cc1cc(Cl)cn1C. The predicted octanol–water partition coefficient (Wildman–Crippen LogP) is 1.98. The van der Waals surface area contributed by atoms with Crippen LogP contribution < -0.4 is 11.1 Å². The summed E-state index contributed by atoms with van der Waals surface area (Å²) in [7, 11) is 5.67. The molecule has 1 amide bonds. The highest BCUT2D eigenvalue weighted by Crippen LogP contribution is 2.14. The van der Waals surface area contributed by atoms with Gasteiger partial charge >= 0.3 is 0 Å². The predicted molar refractivity (Wildman–Crippen MR) is 97.0 cm³/mol. The maximum absolute atomic E-state index is 11.1. The maximum atomic E-state index is 11.1. The first-order valence-corrected chi connectivity index (χ1v) is 7.89. The largest absolute Gasteiger partial charge is 0.366 e. The molecule has 0 atom stereocenters. The summed E-state index contributed by atoms with van der Waals surface area (Å²) in [6.45, 7) is 1.29. The highest BCUT2D eigenvalue weighted by Gasteiger charge is 2.10. The second-order valence-corrected chi connectivity index (χ2v) is 6.02. The van der Waals surface area contributed by atoms with Crippen molar-refractivity contribution in [3.63, 3.8) is 0 Å². The summed E-state index contributed by atoms with van der Waals surface area (Å²) in [5, 5.41) is 4.02. The van der Waals surface area contributed by atoms with Gasteiger partial charge in [0.2, 0.25) is 5.91 Å². The van der Waals surface area contributed by atoms with Crippen molar-refractivity contribution in [2.75, 3.05) is 14.1 Å². The Morgan fingerprint density at radius 3 is 2.54 bits per heavy atom. The van der Waals surface area contributed by atoms with Crippen LogP contribution in [0.25, 0.3) is 0 Å². The number of aliphatic imine (C=N–C) groups is 1. The van der Waals surface area contributed by atoms with Crippen molar-refractivity contribution in [2.45, 2.75) is 13.1 Å². The first-order chi connectivity index (χ1) is 11.4. The number of nitrogens with zero attached hydrogens (tertiary/aromatic N) is 3. The zero-order valence-electron chi connectivity index (χ0n) is 14.1. The Hall–Kier alpha value is -2.47. The Morgan fingerprint density at radius 1 is 1.38 bits per heavy atom. The Labute approximate surface area is 146 Å². The number of aromatic nitrogens is 1. The number of hydrogen-bond donors (Lipinski definition) is 2. The molecule has 2 aromatic rings. The van der Waals surface area contributed by atoms with Crippen molar-refractivity contribution in [3.05, 3.63) is 58.4 Å². The molecule has 0 unspecified atom stereocenters. The van der Waals surface area contributed by atoms with E-state index in [1.165, 1.54) is 0 Å². The Kier molecular flexibility index (Phi) is 5.87. The normalized spacial score (nSPS) is 11.4. The van der Waals surface area contributed by atoms with Crippen LogP contribution in [0.1, 0.15) is 21.6 Å². The number of aryl methyl sites for hydroxylation is 1. The van der Waals surface area contributed by atoms with E-state index in [-0.39, 0.29) is 0 Å². The van der Waals surface area contributed by atoms with Crippen molar-refractivity contribution >= 4 is 23.5 Å². The van der Waals surface area contributed by atoms with Gasteiger partial charge in [-0.25, -0.2) is 0 Å². The first kappa shape index (κ1) is 17.9. The van der Waals surface area contributed by atoms with Crippen LogP contribution in [0, 0.1) is 0 Å². The molecule has 6 nitrogen and oxygen atoms in total. The van der Waals surface area contributed by atoms with E-state index in [4.69, 9.17) is 17.3 Å². The zero-order valence-corrected chi connectivity index (χ0v) is 14.8. The van der Waals surface area contributed by atoms with Gasteiger partial charge in [0.05, 0.1) is 11.6 Å². The number of carbonyl (C=O) groups excluding carboxylic acids is 1. The van der Waals surface area contributed by atoms with Crippen molar-refractivity contribution in [3.8, 4) is 0 Å². The molecular formula is C17H22ClN5O. The standard InChI is InChI=1S/C17H22ClN5O/c1-20-17(23(3)11-15-8-14(18)10-22(15)2)21-9-12-4-6-13(7-5-12)16(19)24/h4-8,10H,9,11H2,1-3H3,(H2,19,24)(H,20,21). The number of carbonyl (C=O) groups is 1. The fourth-order valence-corrected chi connectivity index (χ4v) is 2.67. The van der Waals surface area contributed by atoms with Crippen LogP contribution >= 0.6 is 11.6 Å². The zero-order chi connectivity index (χ0) is 17.7. The molecule has 1 aromatic carbocycles. The highest BCUT2D eigenvalue weighted by atomic mass is 35.5. The quantitative estimate of drug-likeness (QED) is 0.641. The van der Waals surface area contributed by atoms with E-state index in [1.807, 2.05) is 48.0 Å². The lowest BCUT2D eigenvalue weighted by Gasteiger charge is -2.22. The van der Waals surface area contributed by atoms with E-state index < -0.39 is 5.91 Å². The summed E-state index contributed by atoms with van der Waals surface area (Å²) in [4.78, 5) is 17.4. The van der Waals surface area contributed by atoms with E-state index in [9.17, 15) is 4.79 Å². The van der Waals surface area contributed by atoms with Crippen LogP contribution in [0.4, 0.5) is 0 Å². The first-order valence-electron chi connectivity index (χ1n) is 7.52. The molecule has 0 saturated heterocycles. The lowest BCUT2D eigenvalue weighted by atomic mass is 10.1. The molecule has 128 valence electrons. The van der Waals surface area contributed by atoms with Crippen LogP contribution in [0.5, 0.6) is 0 Å². The van der Waals surface area contributed by atoms with Crippen molar-refractivity contribution in [1.82, 2.24) is 14.8 Å². The number of nitrogens with one attached hydrogen (secondary N) is 1. The van der Waals surface area contributed by atoms with Crippen molar-refractivity contribution in [1.29, 1.82) is 0 Å². The number of amides is 1. The minimum atomic E-state index is -0.425. The van der Waals surface area contributed by atoms with Crippen LogP contribution in [-0.4, -0.2) is 35.4 Å². The van der Waals surface area contributed by atoms with Gasteiger partial charge in [0, 0.05) is 45.1 Å². The summed E-state index contributed by atoms with van der Waals surface area (Å²) in [5.74, 6) is 0.345. The summed E-state index contributed by atoms with van der Waals surface area (Å²) in [6, 6.07) is 9.12. The van der Waals surface area contributed by atoms with E-state index in [2.05, 4.69) is 10.3 Å².